The first-order valence-electron chi connectivity index (χ1n) is 4.81. The molecule has 1 unspecified atom stereocenters. The third kappa shape index (κ3) is 3.20. The highest BCUT2D eigenvalue weighted by Crippen LogP contribution is 2.17. The minimum Gasteiger partial charge on any atom is -0.344 e. The van der Waals surface area contributed by atoms with Gasteiger partial charge in [-0.25, -0.2) is 0 Å². The number of nitrogens with one attached hydrogen (secondary N) is 1. The van der Waals surface area contributed by atoms with E-state index in [1.165, 1.54) is 0 Å². The zero-order valence-corrected chi connectivity index (χ0v) is 9.88. The highest BCUT2D eigenvalue weighted by Gasteiger charge is 2.25. The Hall–Kier alpha value is -1.09. The number of halogens is 1. The second-order valence-corrected chi connectivity index (χ2v) is 4.60. The molecule has 0 aliphatic rings. The van der Waals surface area contributed by atoms with Gasteiger partial charge < -0.3 is 5.32 Å². The molecule has 1 amide bonds. The number of hydrogen-bond acceptors (Lipinski definition) is 2. The SMILES string of the molecule is CC(Cl)C(=O)NC(C)(C)c1ccccn1. The molecule has 0 aliphatic heterocycles. The maximum Gasteiger partial charge on any atom is 0.238 e. The van der Waals surface area contributed by atoms with E-state index in [-0.39, 0.29) is 5.91 Å². The summed E-state index contributed by atoms with van der Waals surface area (Å²) in [7, 11) is 0. The number of carbonyl (C=O) groups is 1. The molecule has 0 spiro atoms. The molecule has 1 N–H and O–H groups in total. The van der Waals surface area contributed by atoms with Gasteiger partial charge in [0.05, 0.1) is 11.2 Å². The number of nitrogens with zero attached hydrogens (tertiary/aromatic N) is 1. The summed E-state index contributed by atoms with van der Waals surface area (Å²) < 4.78 is 0. The van der Waals surface area contributed by atoms with Crippen LogP contribution in [0.3, 0.4) is 0 Å². The summed E-state index contributed by atoms with van der Waals surface area (Å²) in [4.78, 5) is 15.7. The topological polar surface area (TPSA) is 42.0 Å². The van der Waals surface area contributed by atoms with Gasteiger partial charge in [-0.1, -0.05) is 6.07 Å². The van der Waals surface area contributed by atoms with Crippen molar-refractivity contribution in [2.75, 3.05) is 0 Å². The normalized spacial score (nSPS) is 13.3. The lowest BCUT2D eigenvalue weighted by Gasteiger charge is -2.26. The van der Waals surface area contributed by atoms with Gasteiger partial charge in [-0.3, -0.25) is 9.78 Å². The van der Waals surface area contributed by atoms with Crippen LogP contribution in [0.5, 0.6) is 0 Å². The van der Waals surface area contributed by atoms with Gasteiger partial charge in [0, 0.05) is 6.20 Å². The summed E-state index contributed by atoms with van der Waals surface area (Å²) in [6.07, 6.45) is 1.70. The van der Waals surface area contributed by atoms with E-state index < -0.39 is 10.9 Å². The molecular weight excluding hydrogens is 212 g/mol. The summed E-state index contributed by atoms with van der Waals surface area (Å²) in [5, 5.41) is 2.30. The van der Waals surface area contributed by atoms with E-state index in [2.05, 4.69) is 10.3 Å². The fourth-order valence-corrected chi connectivity index (χ4v) is 1.26. The van der Waals surface area contributed by atoms with Crippen LogP contribution in [-0.4, -0.2) is 16.3 Å². The lowest BCUT2D eigenvalue weighted by Crippen LogP contribution is -2.44. The van der Waals surface area contributed by atoms with Crippen LogP contribution in [0.2, 0.25) is 0 Å². The number of alkyl halides is 1. The average Bonchev–Trinajstić information content (AvgIpc) is 2.18. The van der Waals surface area contributed by atoms with Crippen LogP contribution in [0.25, 0.3) is 0 Å². The van der Waals surface area contributed by atoms with Crippen LogP contribution in [-0.2, 0) is 10.3 Å². The molecule has 0 fully saturated rings. The van der Waals surface area contributed by atoms with Crippen LogP contribution < -0.4 is 5.32 Å². The van der Waals surface area contributed by atoms with Gasteiger partial charge in [-0.05, 0) is 32.9 Å². The molecule has 82 valence electrons. The third-order valence-corrected chi connectivity index (χ3v) is 2.30. The lowest BCUT2D eigenvalue weighted by molar-refractivity contribution is -0.122. The molecule has 1 atom stereocenters. The Morgan fingerprint density at radius 1 is 1.53 bits per heavy atom. The molecule has 15 heavy (non-hydrogen) atoms. The fraction of sp³-hybridized carbons (Fsp3) is 0.455. The van der Waals surface area contributed by atoms with Crippen molar-refractivity contribution in [2.24, 2.45) is 0 Å². The van der Waals surface area contributed by atoms with Crippen molar-refractivity contribution in [3.05, 3.63) is 30.1 Å². The highest BCUT2D eigenvalue weighted by molar-refractivity contribution is 6.30. The quantitative estimate of drug-likeness (QED) is 0.802. The predicted octanol–water partition coefficient (Wildman–Crippen LogP) is 2.06. The molecule has 1 aromatic rings. The first-order valence-corrected chi connectivity index (χ1v) is 5.25. The van der Waals surface area contributed by atoms with Gasteiger partial charge in [-0.2, -0.15) is 0 Å². The molecule has 4 heteroatoms. The van der Waals surface area contributed by atoms with E-state index in [0.717, 1.165) is 5.69 Å². The maximum atomic E-state index is 11.5. The molecule has 3 nitrogen and oxygen atoms in total. The van der Waals surface area contributed by atoms with Crippen molar-refractivity contribution in [3.63, 3.8) is 0 Å². The van der Waals surface area contributed by atoms with E-state index in [4.69, 9.17) is 11.6 Å². The Labute approximate surface area is 94.9 Å². The molecule has 1 aromatic heterocycles. The van der Waals surface area contributed by atoms with Crippen LogP contribution in [0.15, 0.2) is 24.4 Å². The van der Waals surface area contributed by atoms with Gasteiger partial charge >= 0.3 is 0 Å². The second kappa shape index (κ2) is 4.62. The second-order valence-electron chi connectivity index (χ2n) is 3.95. The zero-order valence-electron chi connectivity index (χ0n) is 9.12. The molecule has 0 aliphatic carbocycles. The first kappa shape index (κ1) is 12.0. The zero-order chi connectivity index (χ0) is 11.5. The van der Waals surface area contributed by atoms with E-state index in [0.29, 0.717) is 0 Å². The highest BCUT2D eigenvalue weighted by atomic mass is 35.5. The van der Waals surface area contributed by atoms with Gasteiger partial charge in [0.2, 0.25) is 5.91 Å². The minimum atomic E-state index is -0.534. The van der Waals surface area contributed by atoms with Crippen molar-refractivity contribution in [2.45, 2.75) is 31.7 Å². The lowest BCUT2D eigenvalue weighted by atomic mass is 9.99. The summed E-state index contributed by atoms with van der Waals surface area (Å²) in [5.74, 6) is -0.188. The monoisotopic (exact) mass is 226 g/mol. The average molecular weight is 227 g/mol. The van der Waals surface area contributed by atoms with Crippen molar-refractivity contribution in [3.8, 4) is 0 Å². The van der Waals surface area contributed by atoms with Crippen molar-refractivity contribution >= 4 is 17.5 Å². The number of carbonyl (C=O) groups excluding carboxylic acids is 1. The summed E-state index contributed by atoms with van der Waals surface area (Å²) in [6.45, 7) is 5.43. The molecular formula is C11H15ClN2O. The number of rotatable bonds is 3. The van der Waals surface area contributed by atoms with E-state index in [9.17, 15) is 4.79 Å². The van der Waals surface area contributed by atoms with Crippen molar-refractivity contribution in [1.82, 2.24) is 10.3 Å². The standard InChI is InChI=1S/C11H15ClN2O/c1-8(12)10(15)14-11(2,3)9-6-4-5-7-13-9/h4-8H,1-3H3,(H,14,15). The van der Waals surface area contributed by atoms with Crippen LogP contribution in [0.1, 0.15) is 26.5 Å². The van der Waals surface area contributed by atoms with Crippen LogP contribution in [0.4, 0.5) is 0 Å². The van der Waals surface area contributed by atoms with E-state index in [1.807, 2.05) is 32.0 Å². The Morgan fingerprint density at radius 2 is 2.20 bits per heavy atom. The molecule has 0 saturated carbocycles. The Kier molecular flexibility index (Phi) is 3.69. The minimum absolute atomic E-state index is 0.188. The van der Waals surface area contributed by atoms with Gasteiger partial charge in [0.1, 0.15) is 5.38 Å². The van der Waals surface area contributed by atoms with Crippen molar-refractivity contribution in [1.29, 1.82) is 0 Å². The predicted molar refractivity (Wildman–Crippen MR) is 60.7 cm³/mol. The van der Waals surface area contributed by atoms with Crippen LogP contribution in [0, 0.1) is 0 Å². The number of pyridine rings is 1. The fourth-order valence-electron chi connectivity index (χ4n) is 1.20. The molecule has 0 saturated heterocycles. The van der Waals surface area contributed by atoms with Gasteiger partial charge in [-0.15, -0.1) is 11.6 Å². The maximum absolute atomic E-state index is 11.5. The summed E-state index contributed by atoms with van der Waals surface area (Å²) in [6, 6.07) is 5.60. The van der Waals surface area contributed by atoms with E-state index in [1.54, 1.807) is 13.1 Å². The Balaban J connectivity index is 2.80. The largest absolute Gasteiger partial charge is 0.344 e. The number of hydrogen-bond donors (Lipinski definition) is 1. The summed E-state index contributed by atoms with van der Waals surface area (Å²) >= 11 is 5.69. The van der Waals surface area contributed by atoms with Crippen LogP contribution >= 0.6 is 11.6 Å². The molecule has 0 radical (unpaired) electrons. The molecule has 1 rings (SSSR count). The molecule has 0 bridgehead atoms. The first-order chi connectivity index (χ1) is 6.93. The smallest absolute Gasteiger partial charge is 0.238 e. The molecule has 0 aromatic carbocycles. The van der Waals surface area contributed by atoms with Crippen molar-refractivity contribution < 1.29 is 4.79 Å². The Bertz CT molecular complexity index is 336. The number of amides is 1. The molecule has 1 heterocycles. The van der Waals surface area contributed by atoms with Gasteiger partial charge in [0.15, 0.2) is 0 Å². The van der Waals surface area contributed by atoms with E-state index >= 15 is 0 Å². The summed E-state index contributed by atoms with van der Waals surface area (Å²) in [5.41, 5.74) is 0.317. The van der Waals surface area contributed by atoms with Gasteiger partial charge in [0.25, 0.3) is 0 Å². The number of aromatic nitrogens is 1. The third-order valence-electron chi connectivity index (χ3n) is 2.10. The Morgan fingerprint density at radius 3 is 2.67 bits per heavy atom.